The predicted octanol–water partition coefficient (Wildman–Crippen LogP) is 3.20. The van der Waals surface area contributed by atoms with E-state index >= 15 is 0 Å². The molecule has 1 amide bonds. The van der Waals surface area contributed by atoms with Crippen LogP contribution in [0.5, 0.6) is 0 Å². The molecule has 0 radical (unpaired) electrons. The fourth-order valence-electron chi connectivity index (χ4n) is 1.86. The van der Waals surface area contributed by atoms with Crippen molar-refractivity contribution in [1.29, 1.82) is 0 Å². The molecule has 2 rings (SSSR count). The normalized spacial score (nSPS) is 10.2. The summed E-state index contributed by atoms with van der Waals surface area (Å²) in [4.78, 5) is 32.1. The van der Waals surface area contributed by atoms with Crippen molar-refractivity contribution in [3.63, 3.8) is 0 Å². The van der Waals surface area contributed by atoms with Gasteiger partial charge < -0.3 is 5.32 Å². The number of hydrogen-bond donors (Lipinski definition) is 1. The molecule has 0 aromatic heterocycles. The van der Waals surface area contributed by atoms with Gasteiger partial charge in [-0.25, -0.2) is 4.39 Å². The lowest BCUT2D eigenvalue weighted by atomic mass is 10.1. The Hall–Kier alpha value is -3.36. The summed E-state index contributed by atoms with van der Waals surface area (Å²) in [5.41, 5.74) is -0.695. The molecular weight excluding hydrogens is 309 g/mol. The van der Waals surface area contributed by atoms with Crippen LogP contribution in [0, 0.1) is 33.0 Å². The predicted molar refractivity (Wildman–Crippen MR) is 78.8 cm³/mol. The molecule has 1 N–H and O–H groups in total. The van der Waals surface area contributed by atoms with Crippen molar-refractivity contribution in [3.8, 4) is 0 Å². The van der Waals surface area contributed by atoms with Gasteiger partial charge in [0.05, 0.1) is 21.5 Å². The molecular formula is C14H10FN3O5. The number of nitro benzene ring substituents is 2. The molecule has 0 saturated heterocycles. The van der Waals surface area contributed by atoms with Crippen LogP contribution >= 0.6 is 0 Å². The summed E-state index contributed by atoms with van der Waals surface area (Å²) in [7, 11) is 0. The number of non-ortho nitro benzene ring substituents is 2. The van der Waals surface area contributed by atoms with Crippen LogP contribution in [-0.2, 0) is 0 Å². The number of benzene rings is 2. The van der Waals surface area contributed by atoms with Crippen molar-refractivity contribution in [3.05, 3.63) is 73.6 Å². The first-order chi connectivity index (χ1) is 10.8. The standard InChI is InChI=1S/C14H10FN3O5/c1-8-2-3-10(15)6-13(8)16-14(19)9-4-11(17(20)21)7-12(5-9)18(22)23/h2-7H,1H3,(H,16,19). The van der Waals surface area contributed by atoms with Gasteiger partial charge >= 0.3 is 0 Å². The zero-order valence-electron chi connectivity index (χ0n) is 11.8. The Labute approximate surface area is 128 Å². The summed E-state index contributed by atoms with van der Waals surface area (Å²) < 4.78 is 13.2. The van der Waals surface area contributed by atoms with Gasteiger partial charge in [-0.2, -0.15) is 0 Å². The van der Waals surface area contributed by atoms with Crippen LogP contribution < -0.4 is 5.32 Å². The molecule has 118 valence electrons. The molecule has 9 heteroatoms. The summed E-state index contributed by atoms with van der Waals surface area (Å²) in [6, 6.07) is 6.32. The van der Waals surface area contributed by atoms with Gasteiger partial charge in [0.1, 0.15) is 5.82 Å². The van der Waals surface area contributed by atoms with Gasteiger partial charge in [-0.3, -0.25) is 25.0 Å². The van der Waals surface area contributed by atoms with E-state index in [9.17, 15) is 29.4 Å². The summed E-state index contributed by atoms with van der Waals surface area (Å²) in [6.07, 6.45) is 0. The van der Waals surface area contributed by atoms with Gasteiger partial charge in [0, 0.05) is 17.8 Å². The van der Waals surface area contributed by atoms with E-state index in [1.807, 2.05) is 0 Å². The average Bonchev–Trinajstić information content (AvgIpc) is 2.50. The number of amides is 1. The second-order valence-corrected chi connectivity index (χ2v) is 4.67. The van der Waals surface area contributed by atoms with Crippen molar-refractivity contribution in [1.82, 2.24) is 0 Å². The number of anilines is 1. The third-order valence-electron chi connectivity index (χ3n) is 3.03. The molecule has 2 aromatic rings. The number of nitro groups is 2. The SMILES string of the molecule is Cc1ccc(F)cc1NC(=O)c1cc([N+](=O)[O-])cc([N+](=O)[O-])c1. The van der Waals surface area contributed by atoms with Crippen LogP contribution in [0.15, 0.2) is 36.4 Å². The Balaban J connectivity index is 2.40. The lowest BCUT2D eigenvalue weighted by molar-refractivity contribution is -0.394. The Bertz CT molecular complexity index is 790. The van der Waals surface area contributed by atoms with E-state index < -0.39 is 32.9 Å². The number of carbonyl (C=O) groups is 1. The Kier molecular flexibility index (Phi) is 4.30. The van der Waals surface area contributed by atoms with E-state index in [2.05, 4.69) is 5.32 Å². The fourth-order valence-corrected chi connectivity index (χ4v) is 1.86. The van der Waals surface area contributed by atoms with Gasteiger partial charge in [-0.05, 0) is 24.6 Å². The van der Waals surface area contributed by atoms with Crippen molar-refractivity contribution >= 4 is 23.0 Å². The van der Waals surface area contributed by atoms with E-state index in [4.69, 9.17) is 0 Å². The minimum Gasteiger partial charge on any atom is -0.322 e. The highest BCUT2D eigenvalue weighted by Gasteiger charge is 2.20. The van der Waals surface area contributed by atoms with Crippen LogP contribution in [0.3, 0.4) is 0 Å². The summed E-state index contributed by atoms with van der Waals surface area (Å²) >= 11 is 0. The summed E-state index contributed by atoms with van der Waals surface area (Å²) in [6.45, 7) is 1.63. The highest BCUT2D eigenvalue weighted by molar-refractivity contribution is 6.05. The van der Waals surface area contributed by atoms with Crippen LogP contribution in [0.4, 0.5) is 21.5 Å². The third-order valence-corrected chi connectivity index (χ3v) is 3.03. The lowest BCUT2D eigenvalue weighted by Crippen LogP contribution is -2.13. The maximum Gasteiger partial charge on any atom is 0.277 e. The van der Waals surface area contributed by atoms with E-state index in [-0.39, 0.29) is 11.3 Å². The molecule has 0 unspecified atom stereocenters. The first-order valence-corrected chi connectivity index (χ1v) is 6.29. The third kappa shape index (κ3) is 3.64. The quantitative estimate of drug-likeness (QED) is 0.686. The Morgan fingerprint density at radius 2 is 1.61 bits per heavy atom. The van der Waals surface area contributed by atoms with Crippen molar-refractivity contribution in [2.24, 2.45) is 0 Å². The van der Waals surface area contributed by atoms with Gasteiger partial charge in [-0.15, -0.1) is 0 Å². The molecule has 0 aliphatic heterocycles. The lowest BCUT2D eigenvalue weighted by Gasteiger charge is -2.08. The van der Waals surface area contributed by atoms with Crippen LogP contribution in [0.1, 0.15) is 15.9 Å². The number of aryl methyl sites for hydroxylation is 1. The van der Waals surface area contributed by atoms with Crippen LogP contribution in [0.2, 0.25) is 0 Å². The number of hydrogen-bond acceptors (Lipinski definition) is 5. The molecule has 23 heavy (non-hydrogen) atoms. The minimum atomic E-state index is -0.836. The monoisotopic (exact) mass is 319 g/mol. The second-order valence-electron chi connectivity index (χ2n) is 4.67. The molecule has 0 aliphatic carbocycles. The Morgan fingerprint density at radius 3 is 2.13 bits per heavy atom. The second kappa shape index (κ2) is 6.18. The molecule has 2 aromatic carbocycles. The molecule has 0 atom stereocenters. The van der Waals surface area contributed by atoms with Gasteiger partial charge in [0.25, 0.3) is 17.3 Å². The number of carbonyl (C=O) groups excluding carboxylic acids is 1. The van der Waals surface area contributed by atoms with E-state index in [1.54, 1.807) is 6.92 Å². The summed E-state index contributed by atoms with van der Waals surface area (Å²) in [5.74, 6) is -1.39. The summed E-state index contributed by atoms with van der Waals surface area (Å²) in [5, 5.41) is 24.0. The average molecular weight is 319 g/mol. The molecule has 8 nitrogen and oxygen atoms in total. The number of halogens is 1. The van der Waals surface area contributed by atoms with Gasteiger partial charge in [0.2, 0.25) is 0 Å². The number of nitrogens with zero attached hydrogens (tertiary/aromatic N) is 2. The Morgan fingerprint density at radius 1 is 1.04 bits per heavy atom. The first-order valence-electron chi connectivity index (χ1n) is 6.29. The van der Waals surface area contributed by atoms with Gasteiger partial charge in [0.15, 0.2) is 0 Å². The van der Waals surface area contributed by atoms with Crippen molar-refractivity contribution in [2.75, 3.05) is 5.32 Å². The molecule has 0 bridgehead atoms. The minimum absolute atomic E-state index is 0.171. The molecule has 0 aliphatic rings. The van der Waals surface area contributed by atoms with Gasteiger partial charge in [-0.1, -0.05) is 6.07 Å². The maximum absolute atomic E-state index is 13.2. The van der Waals surface area contributed by atoms with Crippen LogP contribution in [-0.4, -0.2) is 15.8 Å². The topological polar surface area (TPSA) is 115 Å². The maximum atomic E-state index is 13.2. The zero-order chi connectivity index (χ0) is 17.1. The van der Waals surface area contributed by atoms with E-state index in [1.165, 1.54) is 12.1 Å². The molecule has 0 saturated carbocycles. The fraction of sp³-hybridized carbons (Fsp3) is 0.0714. The largest absolute Gasteiger partial charge is 0.322 e. The molecule has 0 spiro atoms. The number of rotatable bonds is 4. The smallest absolute Gasteiger partial charge is 0.277 e. The van der Waals surface area contributed by atoms with E-state index in [0.717, 1.165) is 24.3 Å². The molecule has 0 heterocycles. The van der Waals surface area contributed by atoms with Crippen LogP contribution in [0.25, 0.3) is 0 Å². The molecule has 0 fully saturated rings. The van der Waals surface area contributed by atoms with E-state index in [0.29, 0.717) is 5.56 Å². The van der Waals surface area contributed by atoms with Crippen molar-refractivity contribution in [2.45, 2.75) is 6.92 Å². The number of nitrogens with one attached hydrogen (secondary N) is 1. The highest BCUT2D eigenvalue weighted by Crippen LogP contribution is 2.24. The first kappa shape index (κ1) is 16.0. The zero-order valence-corrected chi connectivity index (χ0v) is 11.8. The highest BCUT2D eigenvalue weighted by atomic mass is 19.1. The van der Waals surface area contributed by atoms with Crippen molar-refractivity contribution < 1.29 is 19.0 Å².